The van der Waals surface area contributed by atoms with Crippen LogP contribution in [0.1, 0.15) is 24.2 Å². The van der Waals surface area contributed by atoms with Crippen LogP contribution in [0.25, 0.3) is 0 Å². The number of carbonyl (C=O) groups is 1. The minimum atomic E-state index is -0.502. The lowest BCUT2D eigenvalue weighted by molar-refractivity contribution is -0.301. The summed E-state index contributed by atoms with van der Waals surface area (Å²) in [6.45, 7) is 6.54. The van der Waals surface area contributed by atoms with Crippen LogP contribution in [0.5, 0.6) is 0 Å². The van der Waals surface area contributed by atoms with Crippen molar-refractivity contribution < 1.29 is 14.3 Å². The highest BCUT2D eigenvalue weighted by molar-refractivity contribution is 9.10. The van der Waals surface area contributed by atoms with Crippen molar-refractivity contribution in [3.05, 3.63) is 34.3 Å². The summed E-state index contributed by atoms with van der Waals surface area (Å²) < 4.78 is 12.3. The molecule has 0 saturated carbocycles. The first-order valence-electron chi connectivity index (χ1n) is 6.73. The maximum Gasteiger partial charge on any atom is 0.255 e. The van der Waals surface area contributed by atoms with Crippen LogP contribution in [-0.4, -0.2) is 42.9 Å². The Morgan fingerprint density at radius 3 is 2.40 bits per heavy atom. The third-order valence-electron chi connectivity index (χ3n) is 3.90. The molecular formula is C15H18BrNO3. The first-order valence-corrected chi connectivity index (χ1v) is 7.52. The van der Waals surface area contributed by atoms with Crippen LogP contribution < -0.4 is 0 Å². The molecule has 20 heavy (non-hydrogen) atoms. The molecule has 2 saturated heterocycles. The van der Waals surface area contributed by atoms with Gasteiger partial charge in [-0.05, 0) is 41.9 Å². The summed E-state index contributed by atoms with van der Waals surface area (Å²) in [5.74, 6) is -0.439. The quantitative estimate of drug-likeness (QED) is 0.789. The highest BCUT2D eigenvalue weighted by Crippen LogP contribution is 2.38. The number of hydrogen-bond donors (Lipinski definition) is 0. The lowest BCUT2D eigenvalue weighted by Gasteiger charge is -2.54. The normalized spacial score (nSPS) is 23.4. The van der Waals surface area contributed by atoms with Crippen molar-refractivity contribution in [3.63, 3.8) is 0 Å². The lowest BCUT2D eigenvalue weighted by atomic mass is 9.80. The standard InChI is InChI=1S/C15H18BrNO3/c1-14(2)19-9-15(10-20-14)7-17(8-15)13(18)11-5-3-4-6-12(11)16/h3-6H,7-10H2,1-2H3. The molecule has 0 atom stereocenters. The molecule has 2 heterocycles. The van der Waals surface area contributed by atoms with E-state index in [2.05, 4.69) is 15.9 Å². The molecule has 3 rings (SSSR count). The maximum absolute atomic E-state index is 12.4. The van der Waals surface area contributed by atoms with Gasteiger partial charge in [-0.15, -0.1) is 0 Å². The number of rotatable bonds is 1. The molecule has 0 unspecified atom stereocenters. The summed E-state index contributed by atoms with van der Waals surface area (Å²) in [6.07, 6.45) is 0. The lowest BCUT2D eigenvalue weighted by Crippen LogP contribution is -2.65. The Morgan fingerprint density at radius 2 is 1.80 bits per heavy atom. The number of ether oxygens (including phenoxy) is 2. The van der Waals surface area contributed by atoms with Crippen LogP contribution in [0.3, 0.4) is 0 Å². The number of hydrogen-bond acceptors (Lipinski definition) is 3. The van der Waals surface area contributed by atoms with Crippen LogP contribution in [0.15, 0.2) is 28.7 Å². The van der Waals surface area contributed by atoms with Crippen molar-refractivity contribution in [2.24, 2.45) is 5.41 Å². The third kappa shape index (κ3) is 2.50. The number of benzene rings is 1. The predicted molar refractivity (Wildman–Crippen MR) is 78.5 cm³/mol. The average Bonchev–Trinajstić information content (AvgIpc) is 2.37. The zero-order valence-corrected chi connectivity index (χ0v) is 13.3. The molecule has 0 aromatic heterocycles. The smallest absolute Gasteiger partial charge is 0.255 e. The summed E-state index contributed by atoms with van der Waals surface area (Å²) in [6, 6.07) is 7.51. The van der Waals surface area contributed by atoms with Gasteiger partial charge in [0.1, 0.15) is 0 Å². The average molecular weight is 340 g/mol. The van der Waals surface area contributed by atoms with Gasteiger partial charge in [-0.25, -0.2) is 0 Å². The Bertz CT molecular complexity index is 526. The van der Waals surface area contributed by atoms with Gasteiger partial charge in [-0.1, -0.05) is 12.1 Å². The van der Waals surface area contributed by atoms with E-state index < -0.39 is 5.79 Å². The first-order chi connectivity index (χ1) is 9.41. The van der Waals surface area contributed by atoms with Gasteiger partial charge >= 0.3 is 0 Å². The van der Waals surface area contributed by atoms with E-state index in [1.165, 1.54) is 0 Å². The fourth-order valence-electron chi connectivity index (χ4n) is 2.63. The summed E-state index contributed by atoms with van der Waals surface area (Å²) in [5.41, 5.74) is 0.687. The van der Waals surface area contributed by atoms with Gasteiger partial charge in [0.15, 0.2) is 5.79 Å². The SMILES string of the molecule is CC1(C)OCC2(CO1)CN(C(=O)c1ccccc1Br)C2. The van der Waals surface area contributed by atoms with E-state index in [0.29, 0.717) is 31.9 Å². The second-order valence-corrected chi connectivity index (χ2v) is 6.97. The van der Waals surface area contributed by atoms with Crippen LogP contribution in [0.2, 0.25) is 0 Å². The molecule has 2 fully saturated rings. The van der Waals surface area contributed by atoms with Crippen LogP contribution >= 0.6 is 15.9 Å². The molecule has 1 aromatic carbocycles. The molecular weight excluding hydrogens is 322 g/mol. The van der Waals surface area contributed by atoms with Gasteiger partial charge in [0.25, 0.3) is 5.91 Å². The Morgan fingerprint density at radius 1 is 1.20 bits per heavy atom. The highest BCUT2D eigenvalue weighted by atomic mass is 79.9. The van der Waals surface area contributed by atoms with E-state index in [0.717, 1.165) is 4.47 Å². The fraction of sp³-hybridized carbons (Fsp3) is 0.533. The minimum Gasteiger partial charge on any atom is -0.350 e. The van der Waals surface area contributed by atoms with Gasteiger partial charge in [0, 0.05) is 17.6 Å². The van der Waals surface area contributed by atoms with E-state index in [4.69, 9.17) is 9.47 Å². The second-order valence-electron chi connectivity index (χ2n) is 6.12. The molecule has 0 radical (unpaired) electrons. The molecule has 0 N–H and O–H groups in total. The second kappa shape index (κ2) is 4.83. The Balaban J connectivity index is 1.64. The molecule has 1 amide bonds. The summed E-state index contributed by atoms with van der Waals surface area (Å²) in [5, 5.41) is 0. The number of nitrogens with zero attached hydrogens (tertiary/aromatic N) is 1. The van der Waals surface area contributed by atoms with Crippen molar-refractivity contribution in [1.29, 1.82) is 0 Å². The van der Waals surface area contributed by atoms with Gasteiger partial charge in [0.05, 0.1) is 24.2 Å². The topological polar surface area (TPSA) is 38.8 Å². The maximum atomic E-state index is 12.4. The molecule has 4 nitrogen and oxygen atoms in total. The van der Waals surface area contributed by atoms with Crippen LogP contribution in [0, 0.1) is 5.41 Å². The number of amides is 1. The van der Waals surface area contributed by atoms with Gasteiger partial charge < -0.3 is 14.4 Å². The van der Waals surface area contributed by atoms with Crippen molar-refractivity contribution >= 4 is 21.8 Å². The summed E-state index contributed by atoms with van der Waals surface area (Å²) in [7, 11) is 0. The summed E-state index contributed by atoms with van der Waals surface area (Å²) in [4.78, 5) is 14.3. The molecule has 2 aliphatic rings. The molecule has 1 aromatic rings. The van der Waals surface area contributed by atoms with Crippen molar-refractivity contribution in [3.8, 4) is 0 Å². The molecule has 2 aliphatic heterocycles. The molecule has 0 aliphatic carbocycles. The monoisotopic (exact) mass is 339 g/mol. The Labute approximate surface area is 127 Å². The summed E-state index contributed by atoms with van der Waals surface area (Å²) >= 11 is 3.42. The largest absolute Gasteiger partial charge is 0.350 e. The Kier molecular flexibility index (Phi) is 3.39. The number of carbonyl (C=O) groups excluding carboxylic acids is 1. The van der Waals surface area contributed by atoms with E-state index >= 15 is 0 Å². The third-order valence-corrected chi connectivity index (χ3v) is 4.59. The van der Waals surface area contributed by atoms with E-state index in [1.54, 1.807) is 0 Å². The van der Waals surface area contributed by atoms with Crippen molar-refractivity contribution in [2.45, 2.75) is 19.6 Å². The Hall–Kier alpha value is -0.910. The van der Waals surface area contributed by atoms with E-state index in [9.17, 15) is 4.79 Å². The van der Waals surface area contributed by atoms with Gasteiger partial charge in [0.2, 0.25) is 0 Å². The van der Waals surface area contributed by atoms with Crippen molar-refractivity contribution in [1.82, 2.24) is 4.90 Å². The molecule has 1 spiro atoms. The first kappa shape index (κ1) is 14.0. The highest BCUT2D eigenvalue weighted by Gasteiger charge is 2.50. The van der Waals surface area contributed by atoms with Gasteiger partial charge in [-0.3, -0.25) is 4.79 Å². The molecule has 108 valence electrons. The van der Waals surface area contributed by atoms with E-state index in [1.807, 2.05) is 43.0 Å². The molecule has 5 heteroatoms. The van der Waals surface area contributed by atoms with Crippen molar-refractivity contribution in [2.75, 3.05) is 26.3 Å². The number of halogens is 1. The zero-order chi connectivity index (χ0) is 14.4. The van der Waals surface area contributed by atoms with Crippen LogP contribution in [-0.2, 0) is 9.47 Å². The number of likely N-dealkylation sites (tertiary alicyclic amines) is 1. The van der Waals surface area contributed by atoms with Gasteiger partial charge in [-0.2, -0.15) is 0 Å². The molecule has 0 bridgehead atoms. The van der Waals surface area contributed by atoms with E-state index in [-0.39, 0.29) is 11.3 Å². The van der Waals surface area contributed by atoms with Crippen LogP contribution in [0.4, 0.5) is 0 Å². The minimum absolute atomic E-state index is 0.0214. The zero-order valence-electron chi connectivity index (χ0n) is 11.7. The fourth-order valence-corrected chi connectivity index (χ4v) is 3.09. The predicted octanol–water partition coefficient (Wildman–Crippen LogP) is 2.67.